The van der Waals surface area contributed by atoms with Gasteiger partial charge in [-0.15, -0.1) is 0 Å². The second-order valence-corrected chi connectivity index (χ2v) is 6.29. The van der Waals surface area contributed by atoms with Crippen molar-refractivity contribution in [1.29, 1.82) is 0 Å². The lowest BCUT2D eigenvalue weighted by Gasteiger charge is -2.12. The van der Waals surface area contributed by atoms with E-state index < -0.39 is 5.97 Å². The predicted molar refractivity (Wildman–Crippen MR) is 85.2 cm³/mol. The van der Waals surface area contributed by atoms with Crippen molar-refractivity contribution in [1.82, 2.24) is 4.90 Å². The first-order valence-electron chi connectivity index (χ1n) is 5.84. The Balaban J connectivity index is 2.23. The van der Waals surface area contributed by atoms with Gasteiger partial charge in [-0.3, -0.25) is 14.5 Å². The van der Waals surface area contributed by atoms with Crippen molar-refractivity contribution in [2.24, 2.45) is 0 Å². The van der Waals surface area contributed by atoms with Crippen LogP contribution in [-0.2, 0) is 9.59 Å². The van der Waals surface area contributed by atoms with Crippen LogP contribution in [0.25, 0.3) is 6.08 Å². The SMILES string of the molecule is O=C(O)CCN1C(=O)/C(=C/c2cc(Cl)ccc2O)SC1=S. The molecule has 0 bridgehead atoms. The Hall–Kier alpha value is -1.57. The first kappa shape index (κ1) is 15.8. The third kappa shape index (κ3) is 3.75. The molecule has 8 heteroatoms. The number of carboxylic acid groups (broad SMARTS) is 1. The molecule has 1 aliphatic heterocycles. The van der Waals surface area contributed by atoms with Gasteiger partial charge in [0.05, 0.1) is 11.3 Å². The number of halogens is 1. The van der Waals surface area contributed by atoms with Gasteiger partial charge in [-0.2, -0.15) is 0 Å². The van der Waals surface area contributed by atoms with Crippen LogP contribution in [0.5, 0.6) is 5.75 Å². The van der Waals surface area contributed by atoms with Gasteiger partial charge >= 0.3 is 5.97 Å². The average molecular weight is 344 g/mol. The van der Waals surface area contributed by atoms with E-state index in [0.29, 0.717) is 19.8 Å². The molecule has 0 aliphatic carbocycles. The second kappa shape index (κ2) is 6.46. The third-order valence-corrected chi connectivity index (χ3v) is 4.31. The number of amides is 1. The number of aliphatic carboxylic acids is 1. The van der Waals surface area contributed by atoms with E-state index in [4.69, 9.17) is 28.9 Å². The van der Waals surface area contributed by atoms with E-state index in [1.165, 1.54) is 29.2 Å². The lowest BCUT2D eigenvalue weighted by Crippen LogP contribution is -2.30. The second-order valence-electron chi connectivity index (χ2n) is 4.18. The number of carboxylic acids is 1. The molecule has 21 heavy (non-hydrogen) atoms. The number of thiocarbonyl (C=S) groups is 1. The molecule has 0 saturated carbocycles. The molecule has 2 rings (SSSR count). The maximum Gasteiger partial charge on any atom is 0.305 e. The Morgan fingerprint density at radius 2 is 2.19 bits per heavy atom. The monoisotopic (exact) mass is 343 g/mol. The number of phenolic OH excluding ortho intramolecular Hbond substituents is 1. The Morgan fingerprint density at radius 1 is 1.48 bits per heavy atom. The molecule has 0 atom stereocenters. The first-order chi connectivity index (χ1) is 9.88. The number of phenols is 1. The molecule has 1 saturated heterocycles. The van der Waals surface area contributed by atoms with E-state index in [0.717, 1.165) is 11.8 Å². The topological polar surface area (TPSA) is 77.8 Å². The quantitative estimate of drug-likeness (QED) is 0.646. The molecular formula is C13H10ClNO4S2. The molecule has 1 aromatic rings. The van der Waals surface area contributed by atoms with Gasteiger partial charge in [0.25, 0.3) is 5.91 Å². The maximum absolute atomic E-state index is 12.2. The Labute approximate surface area is 135 Å². The van der Waals surface area contributed by atoms with Crippen molar-refractivity contribution in [3.05, 3.63) is 33.7 Å². The molecule has 0 aromatic heterocycles. The zero-order valence-electron chi connectivity index (χ0n) is 10.6. The molecule has 0 spiro atoms. The van der Waals surface area contributed by atoms with Gasteiger partial charge in [0.15, 0.2) is 0 Å². The minimum Gasteiger partial charge on any atom is -0.507 e. The molecule has 2 N–H and O–H groups in total. The van der Waals surface area contributed by atoms with Gasteiger partial charge < -0.3 is 10.2 Å². The standard InChI is InChI=1S/C13H10ClNO4S2/c14-8-1-2-9(16)7(5-8)6-10-12(19)15(13(20)21-10)4-3-11(17)18/h1-2,5-6,16H,3-4H2,(H,17,18)/b10-6-. The minimum atomic E-state index is -1.000. The molecule has 0 unspecified atom stereocenters. The van der Waals surface area contributed by atoms with Crippen LogP contribution < -0.4 is 0 Å². The first-order valence-corrected chi connectivity index (χ1v) is 7.44. The Bertz CT molecular complexity index is 660. The number of rotatable bonds is 4. The summed E-state index contributed by atoms with van der Waals surface area (Å²) < 4.78 is 0.300. The number of hydrogen-bond donors (Lipinski definition) is 2. The van der Waals surface area contributed by atoms with Crippen LogP contribution in [0.4, 0.5) is 0 Å². The highest BCUT2D eigenvalue weighted by molar-refractivity contribution is 8.26. The van der Waals surface area contributed by atoms with Crippen LogP contribution in [0.3, 0.4) is 0 Å². The Kier molecular flexibility index (Phi) is 4.87. The number of thioether (sulfide) groups is 1. The van der Waals surface area contributed by atoms with Gasteiger partial charge in [0.1, 0.15) is 10.1 Å². The van der Waals surface area contributed by atoms with Crippen LogP contribution in [0, 0.1) is 0 Å². The van der Waals surface area contributed by atoms with E-state index in [-0.39, 0.29) is 24.6 Å². The summed E-state index contributed by atoms with van der Waals surface area (Å²) in [5, 5.41) is 18.8. The fourth-order valence-electron chi connectivity index (χ4n) is 1.68. The molecule has 1 fully saturated rings. The molecule has 1 heterocycles. The highest BCUT2D eigenvalue weighted by atomic mass is 35.5. The van der Waals surface area contributed by atoms with E-state index >= 15 is 0 Å². The van der Waals surface area contributed by atoms with Crippen molar-refractivity contribution in [2.75, 3.05) is 6.54 Å². The number of carbonyl (C=O) groups excluding carboxylic acids is 1. The summed E-state index contributed by atoms with van der Waals surface area (Å²) in [6.07, 6.45) is 1.31. The maximum atomic E-state index is 12.2. The average Bonchev–Trinajstić information content (AvgIpc) is 2.66. The summed E-state index contributed by atoms with van der Waals surface area (Å²) in [6.45, 7) is 0.0267. The molecule has 1 aliphatic rings. The summed E-state index contributed by atoms with van der Waals surface area (Å²) in [4.78, 5) is 24.3. The van der Waals surface area contributed by atoms with E-state index in [2.05, 4.69) is 0 Å². The smallest absolute Gasteiger partial charge is 0.305 e. The number of carbonyl (C=O) groups is 2. The zero-order chi connectivity index (χ0) is 15.6. The van der Waals surface area contributed by atoms with Crippen molar-refractivity contribution < 1.29 is 19.8 Å². The molecule has 1 amide bonds. The van der Waals surface area contributed by atoms with Gasteiger partial charge in [0.2, 0.25) is 0 Å². The van der Waals surface area contributed by atoms with Gasteiger partial charge in [-0.1, -0.05) is 35.6 Å². The van der Waals surface area contributed by atoms with E-state index in [1.807, 2.05) is 0 Å². The molecule has 5 nitrogen and oxygen atoms in total. The largest absolute Gasteiger partial charge is 0.507 e. The predicted octanol–water partition coefficient (Wildman–Crippen LogP) is 2.72. The van der Waals surface area contributed by atoms with Gasteiger partial charge in [-0.05, 0) is 24.3 Å². The zero-order valence-corrected chi connectivity index (χ0v) is 13.0. The number of aromatic hydroxyl groups is 1. The normalized spacial score (nSPS) is 16.8. The fourth-order valence-corrected chi connectivity index (χ4v) is 3.16. The van der Waals surface area contributed by atoms with E-state index in [9.17, 15) is 14.7 Å². The van der Waals surface area contributed by atoms with Crippen molar-refractivity contribution in [3.63, 3.8) is 0 Å². The molecule has 0 radical (unpaired) electrons. The lowest BCUT2D eigenvalue weighted by atomic mass is 10.2. The Morgan fingerprint density at radius 3 is 2.86 bits per heavy atom. The van der Waals surface area contributed by atoms with Gasteiger partial charge in [-0.25, -0.2) is 0 Å². The number of benzene rings is 1. The van der Waals surface area contributed by atoms with Crippen molar-refractivity contribution in [2.45, 2.75) is 6.42 Å². The van der Waals surface area contributed by atoms with Crippen molar-refractivity contribution >= 4 is 57.9 Å². The van der Waals surface area contributed by atoms with Crippen LogP contribution >= 0.6 is 35.6 Å². The highest BCUT2D eigenvalue weighted by Crippen LogP contribution is 2.34. The summed E-state index contributed by atoms with van der Waals surface area (Å²) in [5.74, 6) is -1.37. The van der Waals surface area contributed by atoms with Crippen LogP contribution in [-0.4, -0.2) is 37.9 Å². The minimum absolute atomic E-state index is 0.00444. The highest BCUT2D eigenvalue weighted by Gasteiger charge is 2.32. The molecule has 110 valence electrons. The molecular weight excluding hydrogens is 334 g/mol. The summed E-state index contributed by atoms with van der Waals surface area (Å²) >= 11 is 12.0. The lowest BCUT2D eigenvalue weighted by molar-refractivity contribution is -0.137. The summed E-state index contributed by atoms with van der Waals surface area (Å²) in [6, 6.07) is 4.49. The van der Waals surface area contributed by atoms with Crippen LogP contribution in [0.1, 0.15) is 12.0 Å². The fraction of sp³-hybridized carbons (Fsp3) is 0.154. The number of hydrogen-bond acceptors (Lipinski definition) is 5. The van der Waals surface area contributed by atoms with E-state index in [1.54, 1.807) is 0 Å². The number of nitrogens with zero attached hydrogens (tertiary/aromatic N) is 1. The summed E-state index contributed by atoms with van der Waals surface area (Å²) in [7, 11) is 0. The van der Waals surface area contributed by atoms with Crippen LogP contribution in [0.15, 0.2) is 23.1 Å². The summed E-state index contributed by atoms with van der Waals surface area (Å²) in [5.41, 5.74) is 0.404. The molecule has 1 aromatic carbocycles. The van der Waals surface area contributed by atoms with Crippen molar-refractivity contribution in [3.8, 4) is 5.75 Å². The van der Waals surface area contributed by atoms with Crippen LogP contribution in [0.2, 0.25) is 5.02 Å². The van der Waals surface area contributed by atoms with Gasteiger partial charge in [0, 0.05) is 17.1 Å². The third-order valence-electron chi connectivity index (χ3n) is 2.70.